The summed E-state index contributed by atoms with van der Waals surface area (Å²) in [5, 5.41) is 0. The molecular formula is C19H24O5. The van der Waals surface area contributed by atoms with Crippen LogP contribution in [0.1, 0.15) is 56.3 Å². The number of ether oxygens (including phenoxy) is 3. The normalized spacial score (nSPS) is 14.9. The summed E-state index contributed by atoms with van der Waals surface area (Å²) in [5.74, 6) is 0.00720. The number of benzene rings is 1. The second kappa shape index (κ2) is 8.64. The van der Waals surface area contributed by atoms with Gasteiger partial charge in [-0.15, -0.1) is 0 Å². The van der Waals surface area contributed by atoms with Crippen LogP contribution in [0.4, 0.5) is 0 Å². The monoisotopic (exact) mass is 332 g/mol. The topological polar surface area (TPSA) is 61.8 Å². The molecular weight excluding hydrogens is 308 g/mol. The van der Waals surface area contributed by atoms with Crippen molar-refractivity contribution >= 4 is 11.8 Å². The molecule has 0 heterocycles. The van der Waals surface area contributed by atoms with Crippen LogP contribution < -0.4 is 9.47 Å². The summed E-state index contributed by atoms with van der Waals surface area (Å²) in [4.78, 5) is 23.3. The van der Waals surface area contributed by atoms with Crippen LogP contribution in [0.25, 0.3) is 0 Å². The van der Waals surface area contributed by atoms with E-state index in [0.717, 1.165) is 12.8 Å². The average molecular weight is 332 g/mol. The van der Waals surface area contributed by atoms with Crippen molar-refractivity contribution in [2.24, 2.45) is 0 Å². The molecule has 130 valence electrons. The highest BCUT2D eigenvalue weighted by Crippen LogP contribution is 2.25. The van der Waals surface area contributed by atoms with Crippen LogP contribution in [0.2, 0.25) is 0 Å². The number of carbonyl (C=O) groups is 2. The molecule has 24 heavy (non-hydrogen) atoms. The van der Waals surface area contributed by atoms with Gasteiger partial charge in [-0.05, 0) is 38.8 Å². The van der Waals surface area contributed by atoms with Gasteiger partial charge in [0.25, 0.3) is 0 Å². The fourth-order valence-electron chi connectivity index (χ4n) is 2.54. The van der Waals surface area contributed by atoms with Crippen LogP contribution in [0.15, 0.2) is 30.4 Å². The summed E-state index contributed by atoms with van der Waals surface area (Å²) in [6, 6.07) is 4.69. The number of carbonyl (C=O) groups excluding carboxylic acids is 2. The number of rotatable bonds is 7. The molecule has 0 radical (unpaired) electrons. The van der Waals surface area contributed by atoms with Crippen LogP contribution in [0, 0.1) is 0 Å². The third kappa shape index (κ3) is 5.49. The van der Waals surface area contributed by atoms with Crippen molar-refractivity contribution in [3.63, 3.8) is 0 Å². The largest absolute Gasteiger partial charge is 0.467 e. The standard InChI is InChI=1S/C19H24O5/c1-13(2)19(21)24-18-10-15(14(3)20)9-17(11-18)23-12-22-16-7-5-4-6-8-16/h9-11,16H,1,4-8,12H2,2-3H3. The van der Waals surface area contributed by atoms with Gasteiger partial charge in [-0.25, -0.2) is 4.79 Å². The Hall–Kier alpha value is -2.14. The third-order valence-electron chi connectivity index (χ3n) is 3.93. The summed E-state index contributed by atoms with van der Waals surface area (Å²) >= 11 is 0. The van der Waals surface area contributed by atoms with Gasteiger partial charge < -0.3 is 14.2 Å². The van der Waals surface area contributed by atoms with Crippen molar-refractivity contribution in [2.75, 3.05) is 6.79 Å². The maximum absolute atomic E-state index is 11.7. The zero-order chi connectivity index (χ0) is 17.5. The second-order valence-corrected chi connectivity index (χ2v) is 6.11. The van der Waals surface area contributed by atoms with Crippen molar-refractivity contribution in [3.8, 4) is 11.5 Å². The Kier molecular flexibility index (Phi) is 6.55. The first-order chi connectivity index (χ1) is 11.5. The minimum atomic E-state index is -0.542. The van der Waals surface area contributed by atoms with E-state index in [1.807, 2.05) is 0 Å². The highest BCUT2D eigenvalue weighted by Gasteiger charge is 2.14. The van der Waals surface area contributed by atoms with E-state index in [1.165, 1.54) is 32.3 Å². The summed E-state index contributed by atoms with van der Waals surface area (Å²) in [5.41, 5.74) is 0.695. The molecule has 0 spiro atoms. The molecule has 0 atom stereocenters. The lowest BCUT2D eigenvalue weighted by Crippen LogP contribution is -2.19. The maximum atomic E-state index is 11.7. The van der Waals surface area contributed by atoms with E-state index in [0.29, 0.717) is 11.3 Å². The van der Waals surface area contributed by atoms with Gasteiger partial charge in [-0.3, -0.25) is 4.79 Å². The number of hydrogen-bond acceptors (Lipinski definition) is 5. The Bertz CT molecular complexity index is 614. The molecule has 0 aromatic heterocycles. The molecule has 1 aromatic rings. The molecule has 1 saturated carbocycles. The molecule has 2 rings (SSSR count). The highest BCUT2D eigenvalue weighted by molar-refractivity contribution is 5.95. The summed E-state index contributed by atoms with van der Waals surface area (Å²) in [7, 11) is 0. The first-order valence-electron chi connectivity index (χ1n) is 8.24. The molecule has 1 fully saturated rings. The Morgan fingerprint density at radius 2 is 1.75 bits per heavy atom. The lowest BCUT2D eigenvalue weighted by Gasteiger charge is -2.22. The zero-order valence-electron chi connectivity index (χ0n) is 14.3. The van der Waals surface area contributed by atoms with E-state index in [4.69, 9.17) is 14.2 Å². The van der Waals surface area contributed by atoms with Crippen molar-refractivity contribution in [1.82, 2.24) is 0 Å². The van der Waals surface area contributed by atoms with Gasteiger partial charge in [0.2, 0.25) is 0 Å². The lowest BCUT2D eigenvalue weighted by molar-refractivity contribution is -0.130. The van der Waals surface area contributed by atoms with Gasteiger partial charge in [-0.1, -0.05) is 25.8 Å². The molecule has 0 bridgehead atoms. The van der Waals surface area contributed by atoms with Crippen LogP contribution in [0.5, 0.6) is 11.5 Å². The quantitative estimate of drug-likeness (QED) is 0.248. The average Bonchev–Trinajstić information content (AvgIpc) is 2.55. The van der Waals surface area contributed by atoms with Crippen molar-refractivity contribution < 1.29 is 23.8 Å². The first-order valence-corrected chi connectivity index (χ1v) is 8.24. The van der Waals surface area contributed by atoms with Crippen LogP contribution in [-0.2, 0) is 9.53 Å². The van der Waals surface area contributed by atoms with Gasteiger partial charge in [0.1, 0.15) is 11.5 Å². The summed E-state index contributed by atoms with van der Waals surface area (Å²) in [6.45, 7) is 6.66. The van der Waals surface area contributed by atoms with Crippen molar-refractivity contribution in [3.05, 3.63) is 35.9 Å². The van der Waals surface area contributed by atoms with Gasteiger partial charge in [-0.2, -0.15) is 0 Å². The molecule has 1 aliphatic rings. The van der Waals surface area contributed by atoms with Gasteiger partial charge in [0.15, 0.2) is 12.6 Å². The van der Waals surface area contributed by atoms with E-state index in [1.54, 1.807) is 19.1 Å². The Balaban J connectivity index is 2.01. The maximum Gasteiger partial charge on any atom is 0.338 e. The summed E-state index contributed by atoms with van der Waals surface area (Å²) < 4.78 is 16.5. The van der Waals surface area contributed by atoms with E-state index < -0.39 is 5.97 Å². The first kappa shape index (κ1) is 18.2. The second-order valence-electron chi connectivity index (χ2n) is 6.11. The summed E-state index contributed by atoms with van der Waals surface area (Å²) in [6.07, 6.45) is 5.97. The molecule has 1 aliphatic carbocycles. The lowest BCUT2D eigenvalue weighted by atomic mass is 9.98. The Labute approximate surface area is 142 Å². The minimum Gasteiger partial charge on any atom is -0.467 e. The zero-order valence-corrected chi connectivity index (χ0v) is 14.3. The fraction of sp³-hybridized carbons (Fsp3) is 0.474. The molecule has 5 nitrogen and oxygen atoms in total. The third-order valence-corrected chi connectivity index (χ3v) is 3.93. The molecule has 5 heteroatoms. The highest BCUT2D eigenvalue weighted by atomic mass is 16.7. The molecule has 0 amide bonds. The minimum absolute atomic E-state index is 0.111. The molecule has 0 N–H and O–H groups in total. The smallest absolute Gasteiger partial charge is 0.338 e. The van der Waals surface area contributed by atoms with E-state index in [2.05, 4.69) is 6.58 Å². The van der Waals surface area contributed by atoms with Crippen molar-refractivity contribution in [1.29, 1.82) is 0 Å². The van der Waals surface area contributed by atoms with Crippen LogP contribution in [-0.4, -0.2) is 24.6 Å². The number of ketones is 1. The molecule has 0 unspecified atom stereocenters. The van der Waals surface area contributed by atoms with E-state index >= 15 is 0 Å². The van der Waals surface area contributed by atoms with Gasteiger partial charge in [0, 0.05) is 17.2 Å². The Morgan fingerprint density at radius 3 is 2.38 bits per heavy atom. The molecule has 0 aliphatic heterocycles. The van der Waals surface area contributed by atoms with Crippen LogP contribution >= 0.6 is 0 Å². The van der Waals surface area contributed by atoms with Gasteiger partial charge >= 0.3 is 5.97 Å². The number of esters is 1. The number of hydrogen-bond donors (Lipinski definition) is 0. The predicted octanol–water partition coefficient (Wildman–Crippen LogP) is 4.06. The molecule has 0 saturated heterocycles. The SMILES string of the molecule is C=C(C)C(=O)Oc1cc(OCOC2CCCCC2)cc(C(C)=O)c1. The van der Waals surface area contributed by atoms with Crippen molar-refractivity contribution in [2.45, 2.75) is 52.1 Å². The Morgan fingerprint density at radius 1 is 1.08 bits per heavy atom. The van der Waals surface area contributed by atoms with Crippen LogP contribution in [0.3, 0.4) is 0 Å². The van der Waals surface area contributed by atoms with Gasteiger partial charge in [0.05, 0.1) is 6.10 Å². The van der Waals surface area contributed by atoms with E-state index in [-0.39, 0.29) is 30.0 Å². The predicted molar refractivity (Wildman–Crippen MR) is 90.3 cm³/mol. The van der Waals surface area contributed by atoms with E-state index in [9.17, 15) is 9.59 Å². The molecule has 1 aromatic carbocycles. The fourth-order valence-corrected chi connectivity index (χ4v) is 2.54. The number of Topliss-reactive ketones (excluding diaryl/α,β-unsaturated/α-hetero) is 1.